The molecule has 0 spiro atoms. The van der Waals surface area contributed by atoms with Gasteiger partial charge < -0.3 is 5.32 Å². The standard InChI is InChI=1S/C13H14FNS/c1-9-12(5-6-16-9)13-7-11(14)4-3-10(13)8-15-2/h3-7,15H,8H2,1-2H3. The number of rotatable bonds is 3. The van der Waals surface area contributed by atoms with Crippen molar-refractivity contribution in [3.05, 3.63) is 45.9 Å². The van der Waals surface area contributed by atoms with Gasteiger partial charge in [0.05, 0.1) is 0 Å². The average molecular weight is 235 g/mol. The Balaban J connectivity index is 2.53. The zero-order valence-corrected chi connectivity index (χ0v) is 10.2. The van der Waals surface area contributed by atoms with Crippen molar-refractivity contribution in [2.24, 2.45) is 0 Å². The summed E-state index contributed by atoms with van der Waals surface area (Å²) in [7, 11) is 1.90. The maximum absolute atomic E-state index is 13.3. The zero-order chi connectivity index (χ0) is 11.5. The molecule has 0 bridgehead atoms. The molecule has 16 heavy (non-hydrogen) atoms. The summed E-state index contributed by atoms with van der Waals surface area (Å²) in [4.78, 5) is 1.22. The SMILES string of the molecule is CNCc1ccc(F)cc1-c1ccsc1C. The fourth-order valence-corrected chi connectivity index (χ4v) is 2.52. The van der Waals surface area contributed by atoms with Crippen LogP contribution in [0.5, 0.6) is 0 Å². The molecule has 0 fully saturated rings. The summed E-state index contributed by atoms with van der Waals surface area (Å²) < 4.78 is 13.3. The van der Waals surface area contributed by atoms with Crippen LogP contribution in [-0.2, 0) is 6.54 Å². The van der Waals surface area contributed by atoms with Crippen molar-refractivity contribution in [2.75, 3.05) is 7.05 Å². The van der Waals surface area contributed by atoms with Crippen LogP contribution in [0.3, 0.4) is 0 Å². The molecule has 0 atom stereocenters. The number of benzene rings is 1. The van der Waals surface area contributed by atoms with E-state index in [1.54, 1.807) is 17.4 Å². The first-order valence-corrected chi connectivity index (χ1v) is 6.08. The van der Waals surface area contributed by atoms with Crippen molar-refractivity contribution >= 4 is 11.3 Å². The van der Waals surface area contributed by atoms with Crippen LogP contribution in [-0.4, -0.2) is 7.05 Å². The van der Waals surface area contributed by atoms with Crippen molar-refractivity contribution in [1.82, 2.24) is 5.32 Å². The summed E-state index contributed by atoms with van der Waals surface area (Å²) in [5, 5.41) is 5.15. The molecule has 0 aliphatic heterocycles. The molecule has 1 aromatic heterocycles. The molecule has 0 saturated carbocycles. The highest BCUT2D eigenvalue weighted by molar-refractivity contribution is 7.10. The first-order valence-electron chi connectivity index (χ1n) is 5.20. The van der Waals surface area contributed by atoms with Crippen LogP contribution < -0.4 is 5.32 Å². The van der Waals surface area contributed by atoms with Gasteiger partial charge in [-0.05, 0) is 54.2 Å². The molecular formula is C13H14FNS. The minimum Gasteiger partial charge on any atom is -0.316 e. The lowest BCUT2D eigenvalue weighted by Crippen LogP contribution is -2.06. The highest BCUT2D eigenvalue weighted by Gasteiger charge is 2.09. The van der Waals surface area contributed by atoms with E-state index in [1.807, 2.05) is 24.6 Å². The second-order valence-electron chi connectivity index (χ2n) is 3.72. The highest BCUT2D eigenvalue weighted by atomic mass is 32.1. The van der Waals surface area contributed by atoms with Gasteiger partial charge in [-0.2, -0.15) is 0 Å². The van der Waals surface area contributed by atoms with Crippen LogP contribution >= 0.6 is 11.3 Å². The van der Waals surface area contributed by atoms with Crippen molar-refractivity contribution in [1.29, 1.82) is 0 Å². The average Bonchev–Trinajstić information content (AvgIpc) is 2.67. The third-order valence-electron chi connectivity index (χ3n) is 2.59. The van der Waals surface area contributed by atoms with Crippen LogP contribution in [0.4, 0.5) is 4.39 Å². The maximum atomic E-state index is 13.3. The van der Waals surface area contributed by atoms with Gasteiger partial charge in [-0.1, -0.05) is 6.07 Å². The smallest absolute Gasteiger partial charge is 0.123 e. The second-order valence-corrected chi connectivity index (χ2v) is 4.84. The molecule has 2 rings (SSSR count). The van der Waals surface area contributed by atoms with Crippen LogP contribution in [0.2, 0.25) is 0 Å². The van der Waals surface area contributed by atoms with Crippen molar-refractivity contribution in [3.8, 4) is 11.1 Å². The minimum absolute atomic E-state index is 0.180. The minimum atomic E-state index is -0.180. The number of hydrogen-bond donors (Lipinski definition) is 1. The molecule has 0 aliphatic carbocycles. The van der Waals surface area contributed by atoms with Crippen molar-refractivity contribution < 1.29 is 4.39 Å². The Morgan fingerprint density at radius 2 is 2.06 bits per heavy atom. The van der Waals surface area contributed by atoms with E-state index in [1.165, 1.54) is 10.9 Å². The van der Waals surface area contributed by atoms with Gasteiger partial charge in [0.25, 0.3) is 0 Å². The third-order valence-corrected chi connectivity index (χ3v) is 3.43. The van der Waals surface area contributed by atoms with E-state index in [0.29, 0.717) is 0 Å². The van der Waals surface area contributed by atoms with Crippen molar-refractivity contribution in [3.63, 3.8) is 0 Å². The lowest BCUT2D eigenvalue weighted by Gasteiger charge is -2.09. The maximum Gasteiger partial charge on any atom is 0.123 e. The molecule has 1 N–H and O–H groups in total. The lowest BCUT2D eigenvalue weighted by molar-refractivity contribution is 0.627. The Hall–Kier alpha value is -1.19. The molecule has 2 aromatic rings. The van der Waals surface area contributed by atoms with Gasteiger partial charge in [0.2, 0.25) is 0 Å². The Morgan fingerprint density at radius 1 is 1.25 bits per heavy atom. The number of hydrogen-bond acceptors (Lipinski definition) is 2. The summed E-state index contributed by atoms with van der Waals surface area (Å²) in [5.41, 5.74) is 3.26. The Morgan fingerprint density at radius 3 is 2.69 bits per heavy atom. The molecule has 0 radical (unpaired) electrons. The Bertz CT molecular complexity index is 490. The molecule has 1 nitrogen and oxygen atoms in total. The molecule has 3 heteroatoms. The van der Waals surface area contributed by atoms with Crippen LogP contribution in [0.15, 0.2) is 29.6 Å². The quantitative estimate of drug-likeness (QED) is 0.857. The lowest BCUT2D eigenvalue weighted by atomic mass is 10.0. The predicted molar refractivity (Wildman–Crippen MR) is 67.2 cm³/mol. The van der Waals surface area contributed by atoms with Gasteiger partial charge in [-0.25, -0.2) is 4.39 Å². The molecule has 84 valence electrons. The van der Waals surface area contributed by atoms with Gasteiger partial charge in [0.1, 0.15) is 5.82 Å². The molecule has 0 aliphatic rings. The first kappa shape index (κ1) is 11.3. The first-order chi connectivity index (χ1) is 7.72. The van der Waals surface area contributed by atoms with Gasteiger partial charge >= 0.3 is 0 Å². The fraction of sp³-hybridized carbons (Fsp3) is 0.231. The highest BCUT2D eigenvalue weighted by Crippen LogP contribution is 2.30. The molecule has 0 saturated heterocycles. The van der Waals surface area contributed by atoms with E-state index >= 15 is 0 Å². The van der Waals surface area contributed by atoms with Crippen molar-refractivity contribution in [2.45, 2.75) is 13.5 Å². The number of thiophene rings is 1. The van der Waals surface area contributed by atoms with Crippen LogP contribution in [0, 0.1) is 12.7 Å². The molecule has 1 aromatic carbocycles. The van der Waals surface area contributed by atoms with Crippen LogP contribution in [0.25, 0.3) is 11.1 Å². The molecule has 0 unspecified atom stereocenters. The summed E-state index contributed by atoms with van der Waals surface area (Å²) in [5.74, 6) is -0.180. The summed E-state index contributed by atoms with van der Waals surface area (Å²) in [6.07, 6.45) is 0. The topological polar surface area (TPSA) is 12.0 Å². The van der Waals surface area contributed by atoms with Gasteiger partial charge in [-0.15, -0.1) is 11.3 Å². The number of halogens is 1. The van der Waals surface area contributed by atoms with Gasteiger partial charge in [0, 0.05) is 11.4 Å². The predicted octanol–water partition coefficient (Wildman–Crippen LogP) is 3.58. The van der Waals surface area contributed by atoms with E-state index in [9.17, 15) is 4.39 Å². The Labute approximate surface area is 98.9 Å². The molecule has 1 heterocycles. The monoisotopic (exact) mass is 235 g/mol. The van der Waals surface area contributed by atoms with Gasteiger partial charge in [0.15, 0.2) is 0 Å². The van der Waals surface area contributed by atoms with E-state index in [0.717, 1.165) is 23.2 Å². The Kier molecular flexibility index (Phi) is 3.36. The molecular weight excluding hydrogens is 221 g/mol. The largest absolute Gasteiger partial charge is 0.316 e. The van der Waals surface area contributed by atoms with E-state index < -0.39 is 0 Å². The normalized spacial score (nSPS) is 10.7. The van der Waals surface area contributed by atoms with E-state index in [4.69, 9.17) is 0 Å². The zero-order valence-electron chi connectivity index (χ0n) is 9.38. The summed E-state index contributed by atoms with van der Waals surface area (Å²) >= 11 is 1.69. The van der Waals surface area contributed by atoms with Gasteiger partial charge in [-0.3, -0.25) is 0 Å². The summed E-state index contributed by atoms with van der Waals surface area (Å²) in [6, 6.07) is 7.02. The van der Waals surface area contributed by atoms with E-state index in [-0.39, 0.29) is 5.82 Å². The number of aryl methyl sites for hydroxylation is 1. The summed E-state index contributed by atoms with van der Waals surface area (Å²) in [6.45, 7) is 2.82. The van der Waals surface area contributed by atoms with Crippen LogP contribution in [0.1, 0.15) is 10.4 Å². The number of nitrogens with one attached hydrogen (secondary N) is 1. The van der Waals surface area contributed by atoms with E-state index in [2.05, 4.69) is 12.2 Å². The second kappa shape index (κ2) is 4.76. The third kappa shape index (κ3) is 2.15. The fourth-order valence-electron chi connectivity index (χ4n) is 1.81. The molecule has 0 amide bonds.